The summed E-state index contributed by atoms with van der Waals surface area (Å²) >= 11 is 0. The number of carbonyl (C=O) groups excluding carboxylic acids is 1. The average molecular weight is 429 g/mol. The number of aliphatic hydroxyl groups excluding tert-OH is 3. The summed E-state index contributed by atoms with van der Waals surface area (Å²) in [6.45, 7) is 1.79. The highest BCUT2D eigenvalue weighted by Gasteiger charge is 2.41. The summed E-state index contributed by atoms with van der Waals surface area (Å²) in [4.78, 5) is 11.9. The molecule has 0 saturated carbocycles. The summed E-state index contributed by atoms with van der Waals surface area (Å²) in [5, 5.41) is 28.7. The Morgan fingerprint density at radius 2 is 1.53 bits per heavy atom. The van der Waals surface area contributed by atoms with E-state index in [0.29, 0.717) is 6.42 Å². The van der Waals surface area contributed by atoms with Gasteiger partial charge in [-0.05, 0) is 32.1 Å². The van der Waals surface area contributed by atoms with Crippen LogP contribution in [0.15, 0.2) is 12.2 Å². The molecule has 1 fully saturated rings. The van der Waals surface area contributed by atoms with Crippen molar-refractivity contribution in [1.82, 2.24) is 0 Å². The number of allylic oxidation sites excluding steroid dienone is 2. The molecule has 0 aromatic rings. The second-order valence-corrected chi connectivity index (χ2v) is 8.40. The zero-order chi connectivity index (χ0) is 22.0. The first-order chi connectivity index (χ1) is 14.6. The molecule has 1 aliphatic heterocycles. The summed E-state index contributed by atoms with van der Waals surface area (Å²) in [7, 11) is 0. The molecule has 1 saturated heterocycles. The number of hydrogen-bond acceptors (Lipinski definition) is 6. The zero-order valence-electron chi connectivity index (χ0n) is 18.8. The number of hydrogen-bond donors (Lipinski definition) is 3. The van der Waals surface area contributed by atoms with Gasteiger partial charge >= 0.3 is 5.97 Å². The summed E-state index contributed by atoms with van der Waals surface area (Å²) in [6, 6.07) is 0. The van der Waals surface area contributed by atoms with Crippen LogP contribution in [0.3, 0.4) is 0 Å². The number of rotatable bonds is 18. The number of ether oxygens (including phenoxy) is 2. The van der Waals surface area contributed by atoms with Crippen molar-refractivity contribution in [2.75, 3.05) is 13.2 Å². The molecule has 6 nitrogen and oxygen atoms in total. The second kappa shape index (κ2) is 17.7. The van der Waals surface area contributed by atoms with E-state index in [1.165, 1.54) is 51.4 Å². The van der Waals surface area contributed by atoms with Gasteiger partial charge in [0.2, 0.25) is 0 Å². The molecule has 0 bridgehead atoms. The molecule has 1 rings (SSSR count). The van der Waals surface area contributed by atoms with E-state index in [1.807, 2.05) is 0 Å². The van der Waals surface area contributed by atoms with Crippen LogP contribution in [0.4, 0.5) is 0 Å². The lowest BCUT2D eigenvalue weighted by molar-refractivity contribution is -0.162. The molecule has 3 N–H and O–H groups in total. The lowest BCUT2D eigenvalue weighted by Gasteiger charge is -2.24. The SMILES string of the molecule is CCCCCCCC/C=C/CCCCCCCC(=O)O[C@H](CO)[C@H]1OC[C@H](O)[C@H]1O. The van der Waals surface area contributed by atoms with E-state index >= 15 is 0 Å². The third-order valence-corrected chi connectivity index (χ3v) is 5.66. The molecule has 0 aromatic carbocycles. The van der Waals surface area contributed by atoms with Gasteiger partial charge in [0.25, 0.3) is 0 Å². The maximum Gasteiger partial charge on any atom is 0.306 e. The summed E-state index contributed by atoms with van der Waals surface area (Å²) in [6.07, 6.45) is 16.5. The van der Waals surface area contributed by atoms with Crippen molar-refractivity contribution >= 4 is 5.97 Å². The molecule has 0 amide bonds. The van der Waals surface area contributed by atoms with Crippen molar-refractivity contribution in [2.24, 2.45) is 0 Å². The minimum atomic E-state index is -1.14. The van der Waals surface area contributed by atoms with Crippen LogP contribution in [-0.4, -0.2) is 58.9 Å². The minimum Gasteiger partial charge on any atom is -0.457 e. The molecular formula is C24H44O6. The summed E-state index contributed by atoms with van der Waals surface area (Å²) < 4.78 is 10.4. The summed E-state index contributed by atoms with van der Waals surface area (Å²) in [5.41, 5.74) is 0. The van der Waals surface area contributed by atoms with Crippen LogP contribution in [0.5, 0.6) is 0 Å². The second-order valence-electron chi connectivity index (χ2n) is 8.40. The molecule has 176 valence electrons. The van der Waals surface area contributed by atoms with Gasteiger partial charge in [0.15, 0.2) is 6.10 Å². The van der Waals surface area contributed by atoms with E-state index in [-0.39, 0.29) is 6.61 Å². The molecule has 0 aliphatic carbocycles. The van der Waals surface area contributed by atoms with Gasteiger partial charge in [-0.15, -0.1) is 0 Å². The molecule has 4 atom stereocenters. The molecule has 0 aromatic heterocycles. The Kier molecular flexibility index (Phi) is 16.0. The van der Waals surface area contributed by atoms with E-state index in [0.717, 1.165) is 32.1 Å². The Hall–Kier alpha value is -0.950. The number of esters is 1. The third kappa shape index (κ3) is 12.0. The highest BCUT2D eigenvalue weighted by Crippen LogP contribution is 2.20. The van der Waals surface area contributed by atoms with Crippen molar-refractivity contribution < 1.29 is 29.6 Å². The monoisotopic (exact) mass is 428 g/mol. The van der Waals surface area contributed by atoms with Crippen LogP contribution in [0, 0.1) is 0 Å². The quantitative estimate of drug-likeness (QED) is 0.173. The Labute approximate surface area is 182 Å². The topological polar surface area (TPSA) is 96.2 Å². The van der Waals surface area contributed by atoms with Crippen molar-refractivity contribution in [3.8, 4) is 0 Å². The van der Waals surface area contributed by atoms with Gasteiger partial charge in [-0.2, -0.15) is 0 Å². The van der Waals surface area contributed by atoms with Gasteiger partial charge in [0.1, 0.15) is 18.3 Å². The predicted octanol–water partition coefficient (Wildman–Crippen LogP) is 4.05. The molecular weight excluding hydrogens is 384 g/mol. The average Bonchev–Trinajstić information content (AvgIpc) is 3.07. The molecule has 0 radical (unpaired) electrons. The number of aliphatic hydroxyl groups is 3. The van der Waals surface area contributed by atoms with E-state index in [2.05, 4.69) is 19.1 Å². The lowest BCUT2D eigenvalue weighted by Crippen LogP contribution is -2.43. The van der Waals surface area contributed by atoms with Crippen molar-refractivity contribution in [1.29, 1.82) is 0 Å². The Bertz CT molecular complexity index is 453. The van der Waals surface area contributed by atoms with Gasteiger partial charge < -0.3 is 24.8 Å². The van der Waals surface area contributed by atoms with E-state index in [9.17, 15) is 20.1 Å². The molecule has 6 heteroatoms. The van der Waals surface area contributed by atoms with Crippen molar-refractivity contribution in [3.63, 3.8) is 0 Å². The van der Waals surface area contributed by atoms with Gasteiger partial charge in [0, 0.05) is 6.42 Å². The minimum absolute atomic E-state index is 0.0197. The highest BCUT2D eigenvalue weighted by molar-refractivity contribution is 5.69. The Balaban J connectivity index is 1.95. The molecule has 1 heterocycles. The fraction of sp³-hybridized carbons (Fsp3) is 0.875. The predicted molar refractivity (Wildman–Crippen MR) is 118 cm³/mol. The van der Waals surface area contributed by atoms with Crippen molar-refractivity contribution in [3.05, 3.63) is 12.2 Å². The van der Waals surface area contributed by atoms with Crippen molar-refractivity contribution in [2.45, 2.75) is 121 Å². The van der Waals surface area contributed by atoms with E-state index < -0.39 is 37.0 Å². The summed E-state index contributed by atoms with van der Waals surface area (Å²) in [5.74, 6) is -0.399. The number of carbonyl (C=O) groups is 1. The zero-order valence-corrected chi connectivity index (χ0v) is 18.8. The van der Waals surface area contributed by atoms with Gasteiger partial charge in [-0.1, -0.05) is 70.4 Å². The molecule has 0 unspecified atom stereocenters. The van der Waals surface area contributed by atoms with Crippen LogP contribution < -0.4 is 0 Å². The molecule has 0 spiro atoms. The first-order valence-corrected chi connectivity index (χ1v) is 12.0. The maximum atomic E-state index is 11.9. The fourth-order valence-corrected chi connectivity index (χ4v) is 3.73. The van der Waals surface area contributed by atoms with Crippen LogP contribution in [0.2, 0.25) is 0 Å². The molecule has 30 heavy (non-hydrogen) atoms. The maximum absolute atomic E-state index is 11.9. The van der Waals surface area contributed by atoms with Crippen LogP contribution >= 0.6 is 0 Å². The third-order valence-electron chi connectivity index (χ3n) is 5.66. The molecule has 1 aliphatic rings. The standard InChI is InChI=1S/C24H44O6/c1-2-3-4-5-6-7-8-9-10-11-12-13-14-15-16-17-22(27)30-21(18-25)24-23(28)20(26)19-29-24/h9-10,20-21,23-26,28H,2-8,11-19H2,1H3/b10-9+/t20-,21+,23+,24+/m0/s1. The first-order valence-electron chi connectivity index (χ1n) is 12.0. The van der Waals surface area contributed by atoms with Gasteiger partial charge in [-0.3, -0.25) is 4.79 Å². The smallest absolute Gasteiger partial charge is 0.306 e. The van der Waals surface area contributed by atoms with Crippen LogP contribution in [0.1, 0.15) is 96.8 Å². The Morgan fingerprint density at radius 3 is 2.07 bits per heavy atom. The first kappa shape index (κ1) is 27.1. The van der Waals surface area contributed by atoms with Gasteiger partial charge in [-0.25, -0.2) is 0 Å². The fourth-order valence-electron chi connectivity index (χ4n) is 3.73. The van der Waals surface area contributed by atoms with E-state index in [4.69, 9.17) is 9.47 Å². The largest absolute Gasteiger partial charge is 0.457 e. The highest BCUT2D eigenvalue weighted by atomic mass is 16.6. The van der Waals surface area contributed by atoms with Crippen LogP contribution in [0.25, 0.3) is 0 Å². The number of unbranched alkanes of at least 4 members (excludes halogenated alkanes) is 11. The van der Waals surface area contributed by atoms with Crippen LogP contribution in [-0.2, 0) is 14.3 Å². The van der Waals surface area contributed by atoms with E-state index in [1.54, 1.807) is 0 Å². The lowest BCUT2D eigenvalue weighted by atomic mass is 10.1. The normalized spacial score (nSPS) is 22.6. The van der Waals surface area contributed by atoms with Gasteiger partial charge in [0.05, 0.1) is 13.2 Å². The Morgan fingerprint density at radius 1 is 0.967 bits per heavy atom.